The Labute approximate surface area is 165 Å². The average Bonchev–Trinajstić information content (AvgIpc) is 2.42. The van der Waals surface area contributed by atoms with E-state index in [1.54, 1.807) is 0 Å². The van der Waals surface area contributed by atoms with Crippen LogP contribution in [0.15, 0.2) is 46.6 Å². The molecule has 0 aliphatic heterocycles. The molecule has 1 heteroatoms. The molecule has 0 saturated carbocycles. The predicted molar refractivity (Wildman–Crippen MR) is 98.4 cm³/mol. The minimum absolute atomic E-state index is 0. The molecule has 0 aromatic carbocycles. The number of hydrogen-bond acceptors (Lipinski definition) is 0. The van der Waals surface area contributed by atoms with Gasteiger partial charge in [-0.05, 0) is 73.1 Å². The van der Waals surface area contributed by atoms with Crippen LogP contribution >= 0.6 is 0 Å². The summed E-state index contributed by atoms with van der Waals surface area (Å²) < 4.78 is 0. The van der Waals surface area contributed by atoms with Crippen molar-refractivity contribution in [2.45, 2.75) is 79.6 Å². The molecular weight excluding hydrogens is 341 g/mol. The first-order valence-corrected chi connectivity index (χ1v) is 8.35. The van der Waals surface area contributed by atoms with Crippen LogP contribution in [0.3, 0.4) is 0 Å². The Morgan fingerprint density at radius 1 is 0.636 bits per heavy atom. The number of allylic oxidation sites excluding steroid dienone is 8. The molecule has 0 N–H and O–H groups in total. The molecule has 1 radical (unpaired) electrons. The summed E-state index contributed by atoms with van der Waals surface area (Å²) in [6.45, 7) is 14.9. The van der Waals surface area contributed by atoms with Gasteiger partial charge in [0.15, 0.2) is 0 Å². The van der Waals surface area contributed by atoms with Crippen LogP contribution in [0.4, 0.5) is 0 Å². The van der Waals surface area contributed by atoms with Crippen molar-refractivity contribution in [3.63, 3.8) is 0 Å². The van der Waals surface area contributed by atoms with Crippen molar-refractivity contribution < 1.29 is 32.7 Å². The maximum absolute atomic E-state index is 3.89. The summed E-state index contributed by atoms with van der Waals surface area (Å²) >= 11 is 0. The molecule has 0 heterocycles. The maximum Gasteiger partial charge on any atom is 0 e. The molecule has 0 fully saturated rings. The first-order valence-electron chi connectivity index (χ1n) is 8.35. The van der Waals surface area contributed by atoms with Gasteiger partial charge in [-0.25, -0.2) is 0 Å². The Kier molecular flexibility index (Phi) is 17.6. The van der Waals surface area contributed by atoms with Crippen molar-refractivity contribution in [3.8, 4) is 0 Å². The third-order valence-electron chi connectivity index (χ3n) is 3.67. The van der Waals surface area contributed by atoms with Crippen molar-refractivity contribution >= 4 is 0 Å². The second-order valence-corrected chi connectivity index (χ2v) is 6.34. The Balaban J connectivity index is 0. The van der Waals surface area contributed by atoms with Crippen molar-refractivity contribution in [2.75, 3.05) is 0 Å². The normalized spacial score (nSPS) is 12.9. The van der Waals surface area contributed by atoms with Gasteiger partial charge in [-0.1, -0.05) is 41.0 Å². The minimum atomic E-state index is 0. The van der Waals surface area contributed by atoms with Crippen molar-refractivity contribution in [1.82, 2.24) is 0 Å². The minimum Gasteiger partial charge on any atom is -0.339 e. The van der Waals surface area contributed by atoms with Crippen LogP contribution in [0.2, 0.25) is 0 Å². The van der Waals surface area contributed by atoms with Crippen LogP contribution in [0.25, 0.3) is 0 Å². The van der Waals surface area contributed by atoms with Gasteiger partial charge in [-0.2, -0.15) is 6.42 Å². The zero-order valence-corrected chi connectivity index (χ0v) is 18.4. The Morgan fingerprint density at radius 2 is 1.05 bits per heavy atom. The van der Waals surface area contributed by atoms with Crippen LogP contribution < -0.4 is 0 Å². The van der Waals surface area contributed by atoms with Gasteiger partial charge in [-0.3, -0.25) is 0 Å². The molecule has 0 rings (SSSR count). The van der Waals surface area contributed by atoms with Gasteiger partial charge in [0.1, 0.15) is 0 Å². The largest absolute Gasteiger partial charge is 0.339 e. The topological polar surface area (TPSA) is 0 Å². The summed E-state index contributed by atoms with van der Waals surface area (Å²) in [6, 6.07) is 0. The Morgan fingerprint density at radius 3 is 1.50 bits per heavy atom. The Hall–Kier alpha value is 0.0639. The molecule has 123 valence electrons. The Bertz CT molecular complexity index is 390. The van der Waals surface area contributed by atoms with Crippen LogP contribution in [-0.4, -0.2) is 0 Å². The van der Waals surface area contributed by atoms with E-state index in [1.807, 2.05) is 0 Å². The van der Waals surface area contributed by atoms with E-state index in [9.17, 15) is 0 Å². The zero-order valence-electron chi connectivity index (χ0n) is 15.5. The molecule has 0 amide bonds. The van der Waals surface area contributed by atoms with E-state index in [1.165, 1.54) is 48.0 Å². The third kappa shape index (κ3) is 16.4. The number of hydrogen-bond donors (Lipinski definition) is 0. The quantitative estimate of drug-likeness (QED) is 0.212. The molecule has 22 heavy (non-hydrogen) atoms. The van der Waals surface area contributed by atoms with Gasteiger partial charge in [-0.15, -0.1) is 5.57 Å². The molecule has 0 aromatic heterocycles. The van der Waals surface area contributed by atoms with Gasteiger partial charge in [0.05, 0.1) is 0 Å². The fourth-order valence-electron chi connectivity index (χ4n) is 2.10. The second-order valence-electron chi connectivity index (χ2n) is 6.34. The first-order chi connectivity index (χ1) is 9.95. The third-order valence-corrected chi connectivity index (χ3v) is 3.67. The van der Waals surface area contributed by atoms with Gasteiger partial charge >= 0.3 is 0 Å². The maximum atomic E-state index is 3.89. The smallest absolute Gasteiger partial charge is 0 e. The summed E-state index contributed by atoms with van der Waals surface area (Å²) in [7, 11) is 0. The van der Waals surface area contributed by atoms with E-state index in [0.29, 0.717) is 0 Å². The predicted octanol–water partition coefficient (Wildman–Crippen LogP) is 7.35. The molecular formula is C21H35Y-. The summed E-state index contributed by atoms with van der Waals surface area (Å²) in [5.41, 5.74) is 5.86. The first kappa shape index (κ1) is 24.3. The van der Waals surface area contributed by atoms with Crippen LogP contribution in [0.5, 0.6) is 0 Å². The molecule has 0 aliphatic carbocycles. The standard InChI is InChI=1S/C21H35.Y/c1-7-19(4)13-8-9-14-20(5)16-11-17-21(6)15-10-12-18(2)3;/h12-14,17H,1,7-11,15-16H2,2-6H3;/q-1;/b19-13+,20-14+,21-17+;. The van der Waals surface area contributed by atoms with Crippen molar-refractivity contribution in [3.05, 3.63) is 53.5 Å². The van der Waals surface area contributed by atoms with Gasteiger partial charge < -0.3 is 6.92 Å². The number of unbranched alkanes of at least 4 members (excludes halogenated alkanes) is 1. The summed E-state index contributed by atoms with van der Waals surface area (Å²) in [5.74, 6) is 0. The van der Waals surface area contributed by atoms with Gasteiger partial charge in [0, 0.05) is 32.7 Å². The van der Waals surface area contributed by atoms with Crippen LogP contribution in [0.1, 0.15) is 79.6 Å². The van der Waals surface area contributed by atoms with E-state index in [2.05, 4.69) is 65.8 Å². The van der Waals surface area contributed by atoms with Gasteiger partial charge in [0.2, 0.25) is 0 Å². The SMILES string of the molecule is [CH2-]C/C(C)=C/CC/C=C(\C)CC/C=C(\C)CCC=C(C)C.[Y]. The molecule has 0 aromatic rings. The zero-order chi connectivity index (χ0) is 16.1. The van der Waals surface area contributed by atoms with Crippen molar-refractivity contribution in [2.24, 2.45) is 0 Å². The molecule has 0 nitrogen and oxygen atoms in total. The molecule has 0 bridgehead atoms. The second kappa shape index (κ2) is 15.9. The monoisotopic (exact) mass is 376 g/mol. The molecule has 0 unspecified atom stereocenters. The van der Waals surface area contributed by atoms with E-state index in [0.717, 1.165) is 19.3 Å². The van der Waals surface area contributed by atoms with Crippen LogP contribution in [0, 0.1) is 6.92 Å². The summed E-state index contributed by atoms with van der Waals surface area (Å²) in [6.07, 6.45) is 17.4. The summed E-state index contributed by atoms with van der Waals surface area (Å²) in [5, 5.41) is 0. The number of rotatable bonds is 10. The molecule has 0 saturated heterocycles. The summed E-state index contributed by atoms with van der Waals surface area (Å²) in [4.78, 5) is 0. The van der Waals surface area contributed by atoms with E-state index in [4.69, 9.17) is 0 Å². The molecule has 0 aliphatic rings. The van der Waals surface area contributed by atoms with Crippen molar-refractivity contribution in [1.29, 1.82) is 0 Å². The molecule has 0 atom stereocenters. The molecule has 0 spiro atoms. The van der Waals surface area contributed by atoms with E-state index >= 15 is 0 Å². The van der Waals surface area contributed by atoms with E-state index < -0.39 is 0 Å². The fraction of sp³-hybridized carbons (Fsp3) is 0.571. The average molecular weight is 376 g/mol. The fourth-order valence-corrected chi connectivity index (χ4v) is 2.10. The van der Waals surface area contributed by atoms with Crippen LogP contribution in [-0.2, 0) is 32.7 Å². The van der Waals surface area contributed by atoms with Gasteiger partial charge in [0.25, 0.3) is 0 Å². The van der Waals surface area contributed by atoms with E-state index in [-0.39, 0.29) is 32.7 Å².